The van der Waals surface area contributed by atoms with Crippen LogP contribution in [0.5, 0.6) is 0 Å². The van der Waals surface area contributed by atoms with E-state index in [-0.39, 0.29) is 0 Å². The van der Waals surface area contributed by atoms with Crippen molar-refractivity contribution in [3.8, 4) is 0 Å². The zero-order chi connectivity index (χ0) is 10.2. The van der Waals surface area contributed by atoms with Crippen LogP contribution in [0.3, 0.4) is 0 Å². The third-order valence-electron chi connectivity index (χ3n) is 0.817. The summed E-state index contributed by atoms with van der Waals surface area (Å²) < 4.78 is 68.2. The molecule has 0 spiro atoms. The summed E-state index contributed by atoms with van der Waals surface area (Å²) in [5.41, 5.74) is -5.37. The Labute approximate surface area is 62.2 Å². The molecular formula is C4H2F6N2. The molecule has 0 atom stereocenters. The summed E-state index contributed by atoms with van der Waals surface area (Å²) in [4.78, 5) is 0. The van der Waals surface area contributed by atoms with Gasteiger partial charge in [-0.15, -0.1) is 0 Å². The van der Waals surface area contributed by atoms with Crippen molar-refractivity contribution in [2.75, 3.05) is 0 Å². The van der Waals surface area contributed by atoms with Crippen LogP contribution in [0.1, 0.15) is 0 Å². The Morgan fingerprint density at radius 2 is 0.833 bits per heavy atom. The van der Waals surface area contributed by atoms with Crippen molar-refractivity contribution in [2.45, 2.75) is 12.4 Å². The lowest BCUT2D eigenvalue weighted by molar-refractivity contribution is -0.0719. The van der Waals surface area contributed by atoms with Crippen LogP contribution < -0.4 is 0 Å². The average Bonchev–Trinajstić information content (AvgIpc) is 1.80. The number of rotatable bonds is 1. The van der Waals surface area contributed by atoms with Crippen LogP contribution in [-0.4, -0.2) is 23.8 Å². The topological polar surface area (TPSA) is 47.7 Å². The van der Waals surface area contributed by atoms with Crippen molar-refractivity contribution >= 4 is 11.4 Å². The second-order valence-electron chi connectivity index (χ2n) is 1.75. The van der Waals surface area contributed by atoms with Gasteiger partial charge in [0, 0.05) is 0 Å². The van der Waals surface area contributed by atoms with Gasteiger partial charge in [-0.1, -0.05) is 0 Å². The molecule has 0 aliphatic heterocycles. The molecule has 0 unspecified atom stereocenters. The Kier molecular flexibility index (Phi) is 2.51. The van der Waals surface area contributed by atoms with Crippen LogP contribution >= 0.6 is 0 Å². The molecule has 0 aliphatic carbocycles. The first kappa shape index (κ1) is 10.9. The second-order valence-corrected chi connectivity index (χ2v) is 1.75. The maximum Gasteiger partial charge on any atom is 0.434 e. The zero-order valence-corrected chi connectivity index (χ0v) is 5.27. The number of hydrogen-bond donors (Lipinski definition) is 2. The van der Waals surface area contributed by atoms with Gasteiger partial charge in [-0.25, -0.2) is 0 Å². The molecule has 0 aromatic heterocycles. The molecule has 2 N–H and O–H groups in total. The molecule has 0 rings (SSSR count). The van der Waals surface area contributed by atoms with Crippen LogP contribution in [0.4, 0.5) is 26.3 Å². The quantitative estimate of drug-likeness (QED) is 0.472. The largest absolute Gasteiger partial charge is 0.434 e. The lowest BCUT2D eigenvalue weighted by Crippen LogP contribution is -2.38. The fourth-order valence-corrected chi connectivity index (χ4v) is 0.283. The lowest BCUT2D eigenvalue weighted by atomic mass is 10.2. The molecule has 8 heteroatoms. The van der Waals surface area contributed by atoms with Crippen molar-refractivity contribution in [1.29, 1.82) is 10.8 Å². The molecule has 0 radical (unpaired) electrons. The Morgan fingerprint density at radius 3 is 0.917 bits per heavy atom. The van der Waals surface area contributed by atoms with E-state index < -0.39 is 23.8 Å². The summed E-state index contributed by atoms with van der Waals surface area (Å²) in [6, 6.07) is 0. The Morgan fingerprint density at radius 1 is 0.667 bits per heavy atom. The molecule has 0 aromatic carbocycles. The second kappa shape index (κ2) is 2.76. The summed E-state index contributed by atoms with van der Waals surface area (Å²) in [6.07, 6.45) is -10.8. The minimum absolute atomic E-state index is 2.69. The average molecular weight is 192 g/mol. The minimum atomic E-state index is -5.42. The molecule has 0 amide bonds. The fraction of sp³-hybridized carbons (Fsp3) is 0.500. The van der Waals surface area contributed by atoms with Crippen molar-refractivity contribution in [3.05, 3.63) is 0 Å². The summed E-state index contributed by atoms with van der Waals surface area (Å²) in [6.45, 7) is 0. The molecule has 0 saturated heterocycles. The summed E-state index contributed by atoms with van der Waals surface area (Å²) >= 11 is 0. The van der Waals surface area contributed by atoms with Gasteiger partial charge in [0.25, 0.3) is 0 Å². The third-order valence-corrected chi connectivity index (χ3v) is 0.817. The molecule has 2 nitrogen and oxygen atoms in total. The Balaban J connectivity index is 4.66. The smallest absolute Gasteiger partial charge is 0.295 e. The highest BCUT2D eigenvalue weighted by Gasteiger charge is 2.47. The highest BCUT2D eigenvalue weighted by atomic mass is 19.4. The third kappa shape index (κ3) is 2.51. The first-order valence-electron chi connectivity index (χ1n) is 2.38. The van der Waals surface area contributed by atoms with Gasteiger partial charge in [0.05, 0.1) is 0 Å². The highest BCUT2D eigenvalue weighted by molar-refractivity contribution is 6.43. The molecule has 0 fully saturated rings. The summed E-state index contributed by atoms with van der Waals surface area (Å²) in [7, 11) is 0. The predicted molar refractivity (Wildman–Crippen MR) is 27.6 cm³/mol. The molecule has 0 heterocycles. The normalized spacial score (nSPS) is 12.8. The van der Waals surface area contributed by atoms with Crippen LogP contribution in [0, 0.1) is 10.8 Å². The van der Waals surface area contributed by atoms with Crippen molar-refractivity contribution in [2.24, 2.45) is 0 Å². The molecular weight excluding hydrogens is 190 g/mol. The first-order valence-corrected chi connectivity index (χ1v) is 2.38. The summed E-state index contributed by atoms with van der Waals surface area (Å²) in [5, 5.41) is 11.9. The van der Waals surface area contributed by atoms with E-state index in [1.807, 2.05) is 0 Å². The van der Waals surface area contributed by atoms with Gasteiger partial charge in [0.1, 0.15) is 0 Å². The summed E-state index contributed by atoms with van der Waals surface area (Å²) in [5.74, 6) is 0. The van der Waals surface area contributed by atoms with E-state index in [0.29, 0.717) is 0 Å². The number of halogens is 6. The van der Waals surface area contributed by atoms with Crippen LogP contribution in [-0.2, 0) is 0 Å². The van der Waals surface area contributed by atoms with E-state index in [4.69, 9.17) is 10.8 Å². The maximum absolute atomic E-state index is 11.4. The van der Waals surface area contributed by atoms with Gasteiger partial charge < -0.3 is 0 Å². The predicted octanol–water partition coefficient (Wildman–Crippen LogP) is 2.15. The van der Waals surface area contributed by atoms with E-state index in [0.717, 1.165) is 0 Å². The number of alkyl halides is 6. The SMILES string of the molecule is N=C(C(=N)C(F)(F)F)C(F)(F)F. The van der Waals surface area contributed by atoms with Crippen molar-refractivity contribution in [3.63, 3.8) is 0 Å². The number of hydrogen-bond acceptors (Lipinski definition) is 2. The molecule has 12 heavy (non-hydrogen) atoms. The van der Waals surface area contributed by atoms with E-state index >= 15 is 0 Å². The van der Waals surface area contributed by atoms with E-state index in [2.05, 4.69) is 0 Å². The fourth-order valence-electron chi connectivity index (χ4n) is 0.283. The minimum Gasteiger partial charge on any atom is -0.295 e. The van der Waals surface area contributed by atoms with E-state index in [1.165, 1.54) is 0 Å². The van der Waals surface area contributed by atoms with Crippen molar-refractivity contribution in [1.82, 2.24) is 0 Å². The molecule has 70 valence electrons. The van der Waals surface area contributed by atoms with Gasteiger partial charge >= 0.3 is 12.4 Å². The van der Waals surface area contributed by atoms with Crippen LogP contribution in [0.2, 0.25) is 0 Å². The van der Waals surface area contributed by atoms with E-state index in [1.54, 1.807) is 0 Å². The van der Waals surface area contributed by atoms with Gasteiger partial charge in [0.2, 0.25) is 0 Å². The highest BCUT2D eigenvalue weighted by Crippen LogP contribution is 2.24. The molecule has 0 bridgehead atoms. The molecule has 0 aromatic rings. The van der Waals surface area contributed by atoms with E-state index in [9.17, 15) is 26.3 Å². The van der Waals surface area contributed by atoms with Crippen LogP contribution in [0.25, 0.3) is 0 Å². The first-order chi connectivity index (χ1) is 5.07. The van der Waals surface area contributed by atoms with Gasteiger partial charge in [-0.2, -0.15) is 26.3 Å². The van der Waals surface area contributed by atoms with Gasteiger partial charge in [-0.05, 0) is 0 Å². The standard InChI is InChI=1S/C4H2F6N2/c5-3(6,7)1(11)2(12)4(8,9)10/h11-12H. The van der Waals surface area contributed by atoms with Crippen LogP contribution in [0.15, 0.2) is 0 Å². The Bertz CT molecular complexity index is 187. The van der Waals surface area contributed by atoms with Gasteiger partial charge in [-0.3, -0.25) is 10.8 Å². The zero-order valence-electron chi connectivity index (χ0n) is 5.27. The molecule has 0 aliphatic rings. The lowest BCUT2D eigenvalue weighted by Gasteiger charge is -2.11. The monoisotopic (exact) mass is 192 g/mol. The van der Waals surface area contributed by atoms with Gasteiger partial charge in [0.15, 0.2) is 11.4 Å². The van der Waals surface area contributed by atoms with Crippen molar-refractivity contribution < 1.29 is 26.3 Å². The molecule has 0 saturated carbocycles. The maximum atomic E-state index is 11.4. The number of nitrogens with one attached hydrogen (secondary N) is 2. The Hall–Kier alpha value is -1.08.